The molecule has 0 spiro atoms. The molecule has 0 amide bonds. The molecule has 1 N–H and O–H groups in total. The molecule has 0 saturated heterocycles. The number of ether oxygens (including phenoxy) is 2. The van der Waals surface area contributed by atoms with E-state index in [1.54, 1.807) is 21.3 Å². The summed E-state index contributed by atoms with van der Waals surface area (Å²) in [4.78, 5) is 6.49. The van der Waals surface area contributed by atoms with E-state index in [0.29, 0.717) is 6.54 Å². The Morgan fingerprint density at radius 1 is 1.04 bits per heavy atom. The van der Waals surface area contributed by atoms with Gasteiger partial charge < -0.3 is 19.7 Å². The van der Waals surface area contributed by atoms with Crippen molar-refractivity contribution >= 4 is 5.96 Å². The minimum absolute atomic E-state index is 0.602. The molecule has 0 heterocycles. The number of hydrogen-bond donors (Lipinski definition) is 1. The number of nitrogens with one attached hydrogen (secondary N) is 1. The number of methoxy groups -OCH3 is 2. The quantitative estimate of drug-likeness (QED) is 0.647. The fraction of sp³-hybridized carbons (Fsp3) is 0.350. The Balaban J connectivity index is 2.07. The van der Waals surface area contributed by atoms with Crippen molar-refractivity contribution in [3.05, 3.63) is 59.2 Å². The van der Waals surface area contributed by atoms with Crippen LogP contribution in [-0.2, 0) is 13.1 Å². The van der Waals surface area contributed by atoms with Crippen molar-refractivity contribution in [2.24, 2.45) is 4.99 Å². The number of rotatable bonds is 6. The zero-order valence-electron chi connectivity index (χ0n) is 15.7. The van der Waals surface area contributed by atoms with E-state index in [1.165, 1.54) is 11.1 Å². The first kappa shape index (κ1) is 18.6. The predicted octanol–water partition coefficient (Wildman–Crippen LogP) is 3.22. The molecular formula is C20H27N3O2. The smallest absolute Gasteiger partial charge is 0.193 e. The SMILES string of the molecule is CN=C(NCc1cccc(OC)c1OC)N(C)Cc1ccccc1C. The third kappa shape index (κ3) is 4.66. The van der Waals surface area contributed by atoms with Crippen LogP contribution in [0.3, 0.4) is 0 Å². The summed E-state index contributed by atoms with van der Waals surface area (Å²) >= 11 is 0. The van der Waals surface area contributed by atoms with E-state index in [1.807, 2.05) is 25.2 Å². The lowest BCUT2D eigenvalue weighted by molar-refractivity contribution is 0.351. The van der Waals surface area contributed by atoms with Gasteiger partial charge in [0.1, 0.15) is 0 Å². The Morgan fingerprint density at radius 2 is 1.76 bits per heavy atom. The molecule has 5 heteroatoms. The average molecular weight is 341 g/mol. The molecule has 0 unspecified atom stereocenters. The minimum atomic E-state index is 0.602. The van der Waals surface area contributed by atoms with E-state index >= 15 is 0 Å². The Morgan fingerprint density at radius 3 is 2.40 bits per heavy atom. The van der Waals surface area contributed by atoms with Crippen LogP contribution >= 0.6 is 0 Å². The summed E-state index contributed by atoms with van der Waals surface area (Å²) < 4.78 is 10.8. The van der Waals surface area contributed by atoms with Gasteiger partial charge in [0.25, 0.3) is 0 Å². The van der Waals surface area contributed by atoms with Crippen LogP contribution in [0, 0.1) is 6.92 Å². The molecule has 0 aliphatic carbocycles. The number of aryl methyl sites for hydroxylation is 1. The number of guanidine groups is 1. The normalized spacial score (nSPS) is 11.2. The Hall–Kier alpha value is -2.69. The van der Waals surface area contributed by atoms with Crippen molar-refractivity contribution in [1.82, 2.24) is 10.2 Å². The molecule has 0 fully saturated rings. The molecule has 25 heavy (non-hydrogen) atoms. The van der Waals surface area contributed by atoms with Gasteiger partial charge in [-0.15, -0.1) is 0 Å². The maximum atomic E-state index is 5.49. The molecule has 0 aliphatic rings. The standard InChI is InChI=1S/C20H27N3O2/c1-15-9-6-7-10-17(15)14-23(3)20(21-2)22-13-16-11-8-12-18(24-4)19(16)25-5/h6-12H,13-14H2,1-5H3,(H,21,22). The maximum absolute atomic E-state index is 5.49. The van der Waals surface area contributed by atoms with Crippen molar-refractivity contribution in [2.45, 2.75) is 20.0 Å². The molecule has 2 aromatic rings. The van der Waals surface area contributed by atoms with Crippen LogP contribution in [-0.4, -0.2) is 39.2 Å². The van der Waals surface area contributed by atoms with E-state index in [2.05, 4.69) is 46.4 Å². The van der Waals surface area contributed by atoms with Crippen LogP contribution in [0.2, 0.25) is 0 Å². The minimum Gasteiger partial charge on any atom is -0.493 e. The summed E-state index contributed by atoms with van der Waals surface area (Å²) in [6.07, 6.45) is 0. The largest absolute Gasteiger partial charge is 0.493 e. The summed E-state index contributed by atoms with van der Waals surface area (Å²) in [7, 11) is 7.12. The first-order chi connectivity index (χ1) is 12.1. The fourth-order valence-corrected chi connectivity index (χ4v) is 2.77. The van der Waals surface area contributed by atoms with Gasteiger partial charge in [-0.3, -0.25) is 4.99 Å². The van der Waals surface area contributed by atoms with Crippen LogP contribution in [0.5, 0.6) is 11.5 Å². The van der Waals surface area contributed by atoms with Crippen molar-refractivity contribution in [2.75, 3.05) is 28.3 Å². The topological polar surface area (TPSA) is 46.1 Å². The number of nitrogens with zero attached hydrogens (tertiary/aromatic N) is 2. The zero-order chi connectivity index (χ0) is 18.2. The number of aliphatic imine (C=N–C) groups is 1. The van der Waals surface area contributed by atoms with Crippen LogP contribution < -0.4 is 14.8 Å². The third-order valence-electron chi connectivity index (χ3n) is 4.16. The van der Waals surface area contributed by atoms with Crippen LogP contribution in [0.4, 0.5) is 0 Å². The van der Waals surface area contributed by atoms with Gasteiger partial charge in [-0.25, -0.2) is 0 Å². The molecule has 2 rings (SSSR count). The maximum Gasteiger partial charge on any atom is 0.193 e. The van der Waals surface area contributed by atoms with Crippen LogP contribution in [0.25, 0.3) is 0 Å². The van der Waals surface area contributed by atoms with Gasteiger partial charge in [-0.1, -0.05) is 36.4 Å². The molecule has 2 aromatic carbocycles. The third-order valence-corrected chi connectivity index (χ3v) is 4.16. The van der Waals surface area contributed by atoms with E-state index < -0.39 is 0 Å². The molecule has 134 valence electrons. The first-order valence-electron chi connectivity index (χ1n) is 8.26. The van der Waals surface area contributed by atoms with E-state index in [9.17, 15) is 0 Å². The molecule has 0 atom stereocenters. The van der Waals surface area contributed by atoms with Crippen LogP contribution in [0.1, 0.15) is 16.7 Å². The van der Waals surface area contributed by atoms with Gasteiger partial charge in [-0.2, -0.15) is 0 Å². The summed E-state index contributed by atoms with van der Waals surface area (Å²) in [5.74, 6) is 2.30. The van der Waals surface area contributed by atoms with E-state index in [-0.39, 0.29) is 0 Å². The molecule has 0 saturated carbocycles. The molecule has 0 aromatic heterocycles. The summed E-state index contributed by atoms with van der Waals surface area (Å²) in [6.45, 7) is 3.52. The lowest BCUT2D eigenvalue weighted by atomic mass is 10.1. The van der Waals surface area contributed by atoms with Crippen molar-refractivity contribution in [1.29, 1.82) is 0 Å². The molecule has 0 aliphatic heterocycles. The zero-order valence-corrected chi connectivity index (χ0v) is 15.7. The lowest BCUT2D eigenvalue weighted by Crippen LogP contribution is -2.38. The fourth-order valence-electron chi connectivity index (χ4n) is 2.77. The van der Waals surface area contributed by atoms with Gasteiger partial charge in [0, 0.05) is 32.7 Å². The molecule has 0 radical (unpaired) electrons. The number of para-hydroxylation sites is 1. The van der Waals surface area contributed by atoms with Gasteiger partial charge in [0.15, 0.2) is 17.5 Å². The van der Waals surface area contributed by atoms with Gasteiger partial charge in [-0.05, 0) is 24.1 Å². The monoisotopic (exact) mass is 341 g/mol. The first-order valence-corrected chi connectivity index (χ1v) is 8.26. The van der Waals surface area contributed by atoms with Gasteiger partial charge in [0.2, 0.25) is 0 Å². The summed E-state index contributed by atoms with van der Waals surface area (Å²) in [5.41, 5.74) is 3.58. The van der Waals surface area contributed by atoms with Gasteiger partial charge in [0.05, 0.1) is 14.2 Å². The predicted molar refractivity (Wildman–Crippen MR) is 102 cm³/mol. The molecule has 0 bridgehead atoms. The highest BCUT2D eigenvalue weighted by Gasteiger charge is 2.12. The van der Waals surface area contributed by atoms with Crippen molar-refractivity contribution in [3.8, 4) is 11.5 Å². The lowest BCUT2D eigenvalue weighted by Gasteiger charge is -2.23. The van der Waals surface area contributed by atoms with E-state index in [0.717, 1.165) is 29.6 Å². The highest BCUT2D eigenvalue weighted by atomic mass is 16.5. The highest BCUT2D eigenvalue weighted by Crippen LogP contribution is 2.30. The number of hydrogen-bond acceptors (Lipinski definition) is 3. The van der Waals surface area contributed by atoms with E-state index in [4.69, 9.17) is 9.47 Å². The number of benzene rings is 2. The van der Waals surface area contributed by atoms with Crippen molar-refractivity contribution < 1.29 is 9.47 Å². The Kier molecular flexibility index (Phi) is 6.69. The second-order valence-electron chi connectivity index (χ2n) is 5.84. The molecule has 5 nitrogen and oxygen atoms in total. The highest BCUT2D eigenvalue weighted by molar-refractivity contribution is 5.79. The Labute approximate surface area is 150 Å². The second kappa shape index (κ2) is 8.97. The molecular weight excluding hydrogens is 314 g/mol. The summed E-state index contributed by atoms with van der Waals surface area (Å²) in [5, 5.41) is 3.39. The summed E-state index contributed by atoms with van der Waals surface area (Å²) in [6, 6.07) is 14.3. The average Bonchev–Trinajstić information content (AvgIpc) is 2.63. The van der Waals surface area contributed by atoms with Gasteiger partial charge >= 0.3 is 0 Å². The van der Waals surface area contributed by atoms with Crippen molar-refractivity contribution in [3.63, 3.8) is 0 Å². The second-order valence-corrected chi connectivity index (χ2v) is 5.84. The van der Waals surface area contributed by atoms with Crippen LogP contribution in [0.15, 0.2) is 47.5 Å². The Bertz CT molecular complexity index is 729.